The highest BCUT2D eigenvalue weighted by Crippen LogP contribution is 2.32. The van der Waals surface area contributed by atoms with Gasteiger partial charge in [0.05, 0.1) is 15.9 Å². The number of benzene rings is 2. The molecule has 218 valence electrons. The molecule has 1 fully saturated rings. The Balaban J connectivity index is 1.07. The first kappa shape index (κ1) is 27.7. The fourth-order valence-electron chi connectivity index (χ4n) is 4.92. The molecule has 3 aromatic heterocycles. The predicted octanol–water partition coefficient (Wildman–Crippen LogP) is 6.07. The average Bonchev–Trinajstić information content (AvgIpc) is 3.69. The van der Waals surface area contributed by atoms with Crippen LogP contribution in [-0.4, -0.2) is 62.8 Å². The molecule has 11 nitrogen and oxygen atoms in total. The van der Waals surface area contributed by atoms with Crippen LogP contribution in [0.2, 0.25) is 0 Å². The quantitative estimate of drug-likeness (QED) is 0.189. The van der Waals surface area contributed by atoms with E-state index in [0.717, 1.165) is 38.7 Å². The number of nitrogens with one attached hydrogen (secondary N) is 2. The van der Waals surface area contributed by atoms with Crippen LogP contribution in [0.15, 0.2) is 59.3 Å². The van der Waals surface area contributed by atoms with E-state index in [0.29, 0.717) is 12.3 Å². The van der Waals surface area contributed by atoms with Crippen molar-refractivity contribution in [2.75, 3.05) is 36.9 Å². The summed E-state index contributed by atoms with van der Waals surface area (Å²) in [4.78, 5) is 32.0. The number of amides is 2. The maximum Gasteiger partial charge on any atom is 0.324 e. The van der Waals surface area contributed by atoms with Crippen molar-refractivity contribution in [3.63, 3.8) is 0 Å². The van der Waals surface area contributed by atoms with E-state index in [2.05, 4.69) is 37.2 Å². The van der Waals surface area contributed by atoms with Crippen molar-refractivity contribution in [2.24, 2.45) is 0 Å². The van der Waals surface area contributed by atoms with Crippen molar-refractivity contribution in [3.8, 4) is 17.0 Å². The van der Waals surface area contributed by atoms with Crippen LogP contribution in [0.4, 0.5) is 16.3 Å². The van der Waals surface area contributed by atoms with Crippen molar-refractivity contribution in [1.82, 2.24) is 19.4 Å². The fourth-order valence-corrected chi connectivity index (χ4v) is 5.96. The lowest BCUT2D eigenvalue weighted by atomic mass is 9.91. The molecule has 0 saturated carbocycles. The van der Waals surface area contributed by atoms with Gasteiger partial charge in [0.25, 0.3) is 0 Å². The number of anilines is 2. The smallest absolute Gasteiger partial charge is 0.324 e. The van der Waals surface area contributed by atoms with E-state index >= 15 is 0 Å². The number of carbonyl (C=O) groups excluding carboxylic acids is 1. The monoisotopic (exact) mass is 588 g/mol. The molecule has 0 unspecified atom stereocenters. The van der Waals surface area contributed by atoms with Crippen LogP contribution in [-0.2, 0) is 10.2 Å². The number of carboxylic acid groups (broad SMARTS) is 1. The number of thiazole rings is 1. The van der Waals surface area contributed by atoms with Gasteiger partial charge in [0.2, 0.25) is 0 Å². The molecule has 0 radical (unpaired) electrons. The minimum absolute atomic E-state index is 0.120. The average molecular weight is 589 g/mol. The lowest BCUT2D eigenvalue weighted by Crippen LogP contribution is -2.33. The number of likely N-dealkylation sites (tertiary alicyclic amines) is 1. The second-order valence-electron chi connectivity index (χ2n) is 10.9. The molecular weight excluding hydrogens is 556 g/mol. The number of ether oxygens (including phenoxy) is 1. The van der Waals surface area contributed by atoms with Gasteiger partial charge >= 0.3 is 12.0 Å². The topological polar surface area (TPSA) is 134 Å². The molecule has 1 saturated heterocycles. The zero-order valence-electron chi connectivity index (χ0n) is 23.4. The van der Waals surface area contributed by atoms with E-state index in [4.69, 9.17) is 14.2 Å². The molecule has 0 aliphatic carbocycles. The number of aromatic nitrogens is 3. The largest absolute Gasteiger partial charge is 0.492 e. The summed E-state index contributed by atoms with van der Waals surface area (Å²) in [5.74, 6) is 0.0804. The number of carbonyl (C=O) groups is 2. The minimum atomic E-state index is -1.27. The highest BCUT2D eigenvalue weighted by atomic mass is 32.1. The number of carboxylic acids is 1. The van der Waals surface area contributed by atoms with Crippen LogP contribution in [0.25, 0.3) is 26.4 Å². The van der Waals surface area contributed by atoms with Gasteiger partial charge in [-0.2, -0.15) is 0 Å². The number of imidazole rings is 1. The Morgan fingerprint density at radius 2 is 1.86 bits per heavy atom. The molecule has 5 aromatic rings. The van der Waals surface area contributed by atoms with E-state index in [9.17, 15) is 14.7 Å². The summed E-state index contributed by atoms with van der Waals surface area (Å²) in [6.07, 6.45) is 5.91. The molecule has 42 heavy (non-hydrogen) atoms. The Hall–Kier alpha value is -4.42. The number of rotatable bonds is 9. The number of piperidine rings is 1. The molecule has 0 bridgehead atoms. The summed E-state index contributed by atoms with van der Waals surface area (Å²) in [7, 11) is 0. The molecule has 4 heterocycles. The van der Waals surface area contributed by atoms with Crippen molar-refractivity contribution < 1.29 is 24.0 Å². The van der Waals surface area contributed by atoms with E-state index in [1.54, 1.807) is 23.5 Å². The third-order valence-corrected chi connectivity index (χ3v) is 8.55. The van der Waals surface area contributed by atoms with E-state index in [1.165, 1.54) is 52.3 Å². The summed E-state index contributed by atoms with van der Waals surface area (Å²) >= 11 is 1.62. The first-order valence-corrected chi connectivity index (χ1v) is 14.7. The lowest BCUT2D eigenvalue weighted by Gasteiger charge is -2.26. The third-order valence-electron chi connectivity index (χ3n) is 7.53. The maximum absolute atomic E-state index is 12.4. The first-order valence-electron chi connectivity index (χ1n) is 13.9. The second-order valence-corrected chi connectivity index (χ2v) is 11.9. The van der Waals surface area contributed by atoms with Crippen molar-refractivity contribution in [3.05, 3.63) is 60.5 Å². The zero-order chi connectivity index (χ0) is 29.3. The standard InChI is InChI=1S/C30H32N6O5S/c1-30(2,27(37)38)25-17-26(34-41-25)33-28(39)31-20-8-6-19(7-9-20)22-18-36-23-11-10-21(16-24(23)42-29(36)32-22)40-15-14-35-12-4-3-5-13-35/h6-11,16-18H,3-5,12-15H2,1-2H3,(H,37,38)(H2,31,33,34,39). The van der Waals surface area contributed by atoms with Gasteiger partial charge in [0.15, 0.2) is 16.5 Å². The Morgan fingerprint density at radius 3 is 2.62 bits per heavy atom. The van der Waals surface area contributed by atoms with Gasteiger partial charge in [0, 0.05) is 30.1 Å². The molecule has 0 atom stereocenters. The maximum atomic E-state index is 12.4. The molecule has 1 aliphatic heterocycles. The number of urea groups is 1. The highest BCUT2D eigenvalue weighted by molar-refractivity contribution is 7.23. The third kappa shape index (κ3) is 5.81. The van der Waals surface area contributed by atoms with E-state index in [1.807, 2.05) is 24.4 Å². The summed E-state index contributed by atoms with van der Waals surface area (Å²) < 4.78 is 14.4. The van der Waals surface area contributed by atoms with Crippen LogP contribution in [0.1, 0.15) is 38.9 Å². The molecule has 3 N–H and O–H groups in total. The number of hydrogen-bond donors (Lipinski definition) is 3. The fraction of sp³-hybridized carbons (Fsp3) is 0.333. The van der Waals surface area contributed by atoms with Crippen molar-refractivity contribution in [2.45, 2.75) is 38.5 Å². The number of hydrogen-bond acceptors (Lipinski definition) is 8. The van der Waals surface area contributed by atoms with Crippen LogP contribution >= 0.6 is 11.3 Å². The molecule has 12 heteroatoms. The molecule has 6 rings (SSSR count). The van der Waals surface area contributed by atoms with Crippen LogP contribution in [0.3, 0.4) is 0 Å². The summed E-state index contributed by atoms with van der Waals surface area (Å²) in [6.45, 7) is 6.99. The summed E-state index contributed by atoms with van der Waals surface area (Å²) in [5, 5.41) is 18.4. The summed E-state index contributed by atoms with van der Waals surface area (Å²) in [6, 6.07) is 14.4. The van der Waals surface area contributed by atoms with Gasteiger partial charge in [-0.25, -0.2) is 9.78 Å². The van der Waals surface area contributed by atoms with Gasteiger partial charge in [-0.3, -0.25) is 19.4 Å². The van der Waals surface area contributed by atoms with Gasteiger partial charge in [-0.15, -0.1) is 0 Å². The van der Waals surface area contributed by atoms with Gasteiger partial charge in [0.1, 0.15) is 17.8 Å². The lowest BCUT2D eigenvalue weighted by molar-refractivity contribution is -0.143. The number of aliphatic carboxylic acids is 1. The van der Waals surface area contributed by atoms with Crippen LogP contribution in [0.5, 0.6) is 5.75 Å². The Morgan fingerprint density at radius 1 is 1.07 bits per heavy atom. The van der Waals surface area contributed by atoms with Crippen molar-refractivity contribution in [1.29, 1.82) is 0 Å². The normalized spacial score (nSPS) is 14.3. The predicted molar refractivity (Wildman–Crippen MR) is 162 cm³/mol. The Labute approximate surface area is 246 Å². The molecule has 2 aromatic carbocycles. The Kier molecular flexibility index (Phi) is 7.56. The van der Waals surface area contributed by atoms with Gasteiger partial charge in [-0.05, 0) is 70.1 Å². The first-order chi connectivity index (χ1) is 20.3. The molecule has 0 spiro atoms. The minimum Gasteiger partial charge on any atom is -0.492 e. The second kappa shape index (κ2) is 11.5. The van der Waals surface area contributed by atoms with Gasteiger partial charge in [-0.1, -0.05) is 35.0 Å². The molecule has 2 amide bonds. The summed E-state index contributed by atoms with van der Waals surface area (Å²) in [5.41, 5.74) is 2.13. The van der Waals surface area contributed by atoms with Crippen LogP contribution in [0, 0.1) is 0 Å². The zero-order valence-corrected chi connectivity index (χ0v) is 24.2. The Bertz CT molecular complexity index is 1730. The molecule has 1 aliphatic rings. The van der Waals surface area contributed by atoms with E-state index < -0.39 is 17.4 Å². The van der Waals surface area contributed by atoms with Crippen molar-refractivity contribution >= 4 is 50.0 Å². The number of fused-ring (bicyclic) bond motifs is 3. The van der Waals surface area contributed by atoms with E-state index in [-0.39, 0.29) is 11.6 Å². The highest BCUT2D eigenvalue weighted by Gasteiger charge is 2.34. The van der Waals surface area contributed by atoms with Gasteiger partial charge < -0.3 is 19.7 Å². The molecular formula is C30H32N6O5S. The number of nitrogens with zero attached hydrogens (tertiary/aromatic N) is 4. The SMILES string of the molecule is CC(C)(C(=O)O)c1cc(NC(=O)Nc2ccc(-c3cn4c(n3)sc3cc(OCCN5CCCCC5)ccc34)cc2)no1. The van der Waals surface area contributed by atoms with Crippen LogP contribution < -0.4 is 15.4 Å².